The van der Waals surface area contributed by atoms with Crippen molar-refractivity contribution in [2.75, 3.05) is 13.1 Å². The van der Waals surface area contributed by atoms with Crippen molar-refractivity contribution in [3.8, 4) is 0 Å². The number of hydrogen-bond donors (Lipinski definition) is 2. The third-order valence-corrected chi connectivity index (χ3v) is 3.80. The molecule has 0 aromatic carbocycles. The summed E-state index contributed by atoms with van der Waals surface area (Å²) in [6.07, 6.45) is 3.66. The van der Waals surface area contributed by atoms with Gasteiger partial charge in [0.15, 0.2) is 0 Å². The largest absolute Gasteiger partial charge is 0.481 e. The van der Waals surface area contributed by atoms with Gasteiger partial charge < -0.3 is 15.7 Å². The predicted molar refractivity (Wildman–Crippen MR) is 69.2 cm³/mol. The zero-order valence-electron chi connectivity index (χ0n) is 11.4. The van der Waals surface area contributed by atoms with Gasteiger partial charge in [0.2, 0.25) is 11.8 Å². The van der Waals surface area contributed by atoms with Gasteiger partial charge in [-0.25, -0.2) is 0 Å². The first-order valence-electron chi connectivity index (χ1n) is 6.66. The number of nitrogens with two attached hydrogens (primary N) is 1. The fraction of sp³-hybridized carbons (Fsp3) is 0.769. The van der Waals surface area contributed by atoms with Gasteiger partial charge in [0.05, 0.1) is 13.0 Å². The highest BCUT2D eigenvalue weighted by Crippen LogP contribution is 2.44. The maximum Gasteiger partial charge on any atom is 0.303 e. The number of carboxylic acids is 1. The predicted octanol–water partition coefficient (Wildman–Crippen LogP) is 0.745. The molecular formula is C13H22N2O4. The van der Waals surface area contributed by atoms with E-state index < -0.39 is 17.3 Å². The van der Waals surface area contributed by atoms with Gasteiger partial charge in [0.1, 0.15) is 0 Å². The zero-order chi connectivity index (χ0) is 14.5. The summed E-state index contributed by atoms with van der Waals surface area (Å²) in [5.41, 5.74) is 4.67. The molecule has 1 aliphatic rings. The van der Waals surface area contributed by atoms with Crippen LogP contribution in [0.4, 0.5) is 0 Å². The smallest absolute Gasteiger partial charge is 0.303 e. The summed E-state index contributed by atoms with van der Waals surface area (Å²) < 4.78 is 0. The maximum absolute atomic E-state index is 12.2. The fourth-order valence-electron chi connectivity index (χ4n) is 2.86. The topological polar surface area (TPSA) is 101 Å². The summed E-state index contributed by atoms with van der Waals surface area (Å²) >= 11 is 0. The van der Waals surface area contributed by atoms with E-state index in [2.05, 4.69) is 0 Å². The Bertz CT molecular complexity index is 362. The minimum atomic E-state index is -0.868. The van der Waals surface area contributed by atoms with Crippen molar-refractivity contribution >= 4 is 17.8 Å². The molecule has 0 heterocycles. The molecule has 0 saturated heterocycles. The monoisotopic (exact) mass is 270 g/mol. The molecule has 0 bridgehead atoms. The molecule has 3 N–H and O–H groups in total. The molecule has 0 aliphatic heterocycles. The summed E-state index contributed by atoms with van der Waals surface area (Å²) in [6, 6.07) is 0. The molecule has 1 fully saturated rings. The molecule has 6 heteroatoms. The molecule has 0 spiro atoms. The lowest BCUT2D eigenvalue weighted by atomic mass is 9.79. The lowest BCUT2D eigenvalue weighted by Gasteiger charge is -2.29. The molecule has 0 aromatic heterocycles. The number of carbonyl (C=O) groups is 3. The van der Waals surface area contributed by atoms with E-state index >= 15 is 0 Å². The van der Waals surface area contributed by atoms with Crippen molar-refractivity contribution in [1.82, 2.24) is 4.90 Å². The van der Waals surface area contributed by atoms with Crippen LogP contribution in [-0.2, 0) is 14.4 Å². The number of nitrogens with zero attached hydrogens (tertiary/aromatic N) is 1. The van der Waals surface area contributed by atoms with Gasteiger partial charge in [-0.1, -0.05) is 12.8 Å². The van der Waals surface area contributed by atoms with Gasteiger partial charge in [-0.05, 0) is 25.2 Å². The summed E-state index contributed by atoms with van der Waals surface area (Å²) in [5.74, 6) is -1.59. The number of carboxylic acid groups (broad SMARTS) is 1. The normalized spacial score (nSPS) is 17.1. The Morgan fingerprint density at radius 2 is 1.79 bits per heavy atom. The Morgan fingerprint density at radius 3 is 2.21 bits per heavy atom. The Hall–Kier alpha value is -1.59. The van der Waals surface area contributed by atoms with Crippen molar-refractivity contribution in [3.05, 3.63) is 0 Å². The lowest BCUT2D eigenvalue weighted by molar-refractivity contribution is -0.142. The number of hydrogen-bond acceptors (Lipinski definition) is 3. The SMILES string of the molecule is CCN(CC(N)=O)C(=O)CC1(CC(=O)O)CCCC1. The first kappa shape index (κ1) is 15.5. The molecule has 108 valence electrons. The van der Waals surface area contributed by atoms with Crippen molar-refractivity contribution in [3.63, 3.8) is 0 Å². The van der Waals surface area contributed by atoms with Gasteiger partial charge in [0.25, 0.3) is 0 Å². The van der Waals surface area contributed by atoms with Crippen LogP contribution in [0, 0.1) is 5.41 Å². The number of carbonyl (C=O) groups excluding carboxylic acids is 2. The molecule has 2 amide bonds. The van der Waals surface area contributed by atoms with Crippen LogP contribution in [-0.4, -0.2) is 40.9 Å². The second-order valence-corrected chi connectivity index (χ2v) is 5.33. The summed E-state index contributed by atoms with van der Waals surface area (Å²) in [7, 11) is 0. The number of amides is 2. The van der Waals surface area contributed by atoms with Crippen LogP contribution in [0.1, 0.15) is 45.4 Å². The molecule has 1 saturated carbocycles. The molecule has 0 atom stereocenters. The van der Waals surface area contributed by atoms with Crippen molar-refractivity contribution in [1.29, 1.82) is 0 Å². The lowest BCUT2D eigenvalue weighted by Crippen LogP contribution is -2.40. The van der Waals surface area contributed by atoms with E-state index in [1.807, 2.05) is 0 Å². The summed E-state index contributed by atoms with van der Waals surface area (Å²) in [5, 5.41) is 8.99. The number of primary amides is 1. The second kappa shape index (κ2) is 6.54. The number of rotatable bonds is 7. The quantitative estimate of drug-likeness (QED) is 0.712. The fourth-order valence-corrected chi connectivity index (χ4v) is 2.86. The van der Waals surface area contributed by atoms with Crippen LogP contribution in [0.5, 0.6) is 0 Å². The van der Waals surface area contributed by atoms with E-state index in [-0.39, 0.29) is 25.3 Å². The van der Waals surface area contributed by atoms with Crippen molar-refractivity contribution in [2.45, 2.75) is 45.4 Å². The highest BCUT2D eigenvalue weighted by molar-refractivity contribution is 5.84. The molecule has 0 radical (unpaired) electrons. The second-order valence-electron chi connectivity index (χ2n) is 5.33. The van der Waals surface area contributed by atoms with Crippen LogP contribution >= 0.6 is 0 Å². The zero-order valence-corrected chi connectivity index (χ0v) is 11.4. The molecule has 1 rings (SSSR count). The minimum Gasteiger partial charge on any atom is -0.481 e. The standard InChI is InChI=1S/C13H22N2O4/c1-2-15(9-10(14)16)11(17)7-13(8-12(18)19)5-3-4-6-13/h2-9H2,1H3,(H2,14,16)(H,18,19). The van der Waals surface area contributed by atoms with Crippen LogP contribution < -0.4 is 5.73 Å². The molecular weight excluding hydrogens is 248 g/mol. The number of likely N-dealkylation sites (N-methyl/N-ethyl adjacent to an activating group) is 1. The first-order chi connectivity index (χ1) is 8.88. The Kier molecular flexibility index (Phi) is 5.32. The Labute approximate surface area is 112 Å². The first-order valence-corrected chi connectivity index (χ1v) is 6.66. The molecule has 0 aromatic rings. The highest BCUT2D eigenvalue weighted by atomic mass is 16.4. The molecule has 19 heavy (non-hydrogen) atoms. The summed E-state index contributed by atoms with van der Waals surface area (Å²) in [4.78, 5) is 35.4. The maximum atomic E-state index is 12.2. The number of aliphatic carboxylic acids is 1. The van der Waals surface area contributed by atoms with Crippen LogP contribution in [0.15, 0.2) is 0 Å². The van der Waals surface area contributed by atoms with E-state index in [0.29, 0.717) is 6.54 Å². The third kappa shape index (κ3) is 4.54. The highest BCUT2D eigenvalue weighted by Gasteiger charge is 2.38. The third-order valence-electron chi connectivity index (χ3n) is 3.80. The van der Waals surface area contributed by atoms with Gasteiger partial charge in [-0.3, -0.25) is 14.4 Å². The van der Waals surface area contributed by atoms with Gasteiger partial charge >= 0.3 is 5.97 Å². The van der Waals surface area contributed by atoms with Crippen LogP contribution in [0.3, 0.4) is 0 Å². The van der Waals surface area contributed by atoms with E-state index in [0.717, 1.165) is 25.7 Å². The van der Waals surface area contributed by atoms with Gasteiger partial charge in [-0.2, -0.15) is 0 Å². The molecule has 1 aliphatic carbocycles. The average Bonchev–Trinajstić information content (AvgIpc) is 2.72. The Balaban J connectivity index is 2.70. The summed E-state index contributed by atoms with van der Waals surface area (Å²) in [6.45, 7) is 2.09. The van der Waals surface area contributed by atoms with Crippen LogP contribution in [0.2, 0.25) is 0 Å². The van der Waals surface area contributed by atoms with E-state index in [1.54, 1.807) is 6.92 Å². The Morgan fingerprint density at radius 1 is 1.21 bits per heavy atom. The van der Waals surface area contributed by atoms with E-state index in [4.69, 9.17) is 10.8 Å². The van der Waals surface area contributed by atoms with Crippen LogP contribution in [0.25, 0.3) is 0 Å². The van der Waals surface area contributed by atoms with Crippen molar-refractivity contribution in [2.24, 2.45) is 11.1 Å². The van der Waals surface area contributed by atoms with Gasteiger partial charge in [0, 0.05) is 13.0 Å². The molecule has 6 nitrogen and oxygen atoms in total. The van der Waals surface area contributed by atoms with E-state index in [9.17, 15) is 14.4 Å². The van der Waals surface area contributed by atoms with Gasteiger partial charge in [-0.15, -0.1) is 0 Å². The molecule has 0 unspecified atom stereocenters. The average molecular weight is 270 g/mol. The van der Waals surface area contributed by atoms with E-state index in [1.165, 1.54) is 4.90 Å². The van der Waals surface area contributed by atoms with Crippen molar-refractivity contribution < 1.29 is 19.5 Å². The minimum absolute atomic E-state index is 0.0207.